The van der Waals surface area contributed by atoms with Gasteiger partial charge in [0.25, 0.3) is 5.91 Å². The number of benzene rings is 1. The lowest BCUT2D eigenvalue weighted by Crippen LogP contribution is -2.24. The smallest absolute Gasteiger partial charge is 0.252 e. The molecular weight excluding hydrogens is 278 g/mol. The first-order chi connectivity index (χ1) is 10.6. The highest BCUT2D eigenvalue weighted by atomic mass is 16.5. The summed E-state index contributed by atoms with van der Waals surface area (Å²) in [5, 5.41) is 6.09. The second kappa shape index (κ2) is 7.45. The lowest BCUT2D eigenvalue weighted by molar-refractivity contribution is 0.0953. The minimum atomic E-state index is -0.116. The standard InChI is InChI=1S/C17H21N3O2/c1-4-7-19-17(21)13-9-14(11-18-10-13)20-15-8-12(2)5-6-16(15)22-3/h5-6,8-11,20H,4,7H2,1-3H3,(H,19,21). The van der Waals surface area contributed by atoms with Crippen molar-refractivity contribution in [1.82, 2.24) is 10.3 Å². The van der Waals surface area contributed by atoms with Crippen molar-refractivity contribution < 1.29 is 9.53 Å². The number of carbonyl (C=O) groups is 1. The SMILES string of the molecule is CCCNC(=O)c1cncc(Nc2cc(C)ccc2OC)c1. The summed E-state index contributed by atoms with van der Waals surface area (Å²) >= 11 is 0. The highest BCUT2D eigenvalue weighted by Gasteiger charge is 2.08. The molecule has 116 valence electrons. The van der Waals surface area contributed by atoms with Gasteiger partial charge in [0.15, 0.2) is 0 Å². The highest BCUT2D eigenvalue weighted by molar-refractivity contribution is 5.94. The molecule has 5 nitrogen and oxygen atoms in total. The zero-order valence-electron chi connectivity index (χ0n) is 13.1. The Morgan fingerprint density at radius 3 is 2.82 bits per heavy atom. The number of pyridine rings is 1. The summed E-state index contributed by atoms with van der Waals surface area (Å²) in [4.78, 5) is 16.1. The number of methoxy groups -OCH3 is 1. The number of amides is 1. The van der Waals surface area contributed by atoms with E-state index in [0.717, 1.165) is 29.1 Å². The van der Waals surface area contributed by atoms with Crippen molar-refractivity contribution >= 4 is 17.3 Å². The van der Waals surface area contributed by atoms with E-state index in [9.17, 15) is 4.79 Å². The van der Waals surface area contributed by atoms with Crippen LogP contribution in [0.2, 0.25) is 0 Å². The molecule has 0 saturated carbocycles. The number of aromatic nitrogens is 1. The van der Waals surface area contributed by atoms with Crippen molar-refractivity contribution in [1.29, 1.82) is 0 Å². The van der Waals surface area contributed by atoms with Crippen LogP contribution in [0, 0.1) is 6.92 Å². The van der Waals surface area contributed by atoms with Crippen molar-refractivity contribution in [2.75, 3.05) is 19.0 Å². The Balaban J connectivity index is 2.20. The summed E-state index contributed by atoms with van der Waals surface area (Å²) in [6, 6.07) is 7.65. The van der Waals surface area contributed by atoms with E-state index < -0.39 is 0 Å². The number of hydrogen-bond donors (Lipinski definition) is 2. The maximum atomic E-state index is 12.0. The average molecular weight is 299 g/mol. The van der Waals surface area contributed by atoms with Crippen LogP contribution in [0.1, 0.15) is 29.3 Å². The maximum absolute atomic E-state index is 12.0. The quantitative estimate of drug-likeness (QED) is 0.859. The molecule has 22 heavy (non-hydrogen) atoms. The van der Waals surface area contributed by atoms with Gasteiger partial charge in [0.1, 0.15) is 5.75 Å². The van der Waals surface area contributed by atoms with Gasteiger partial charge >= 0.3 is 0 Å². The van der Waals surface area contributed by atoms with Gasteiger partial charge in [-0.3, -0.25) is 9.78 Å². The Labute approximate surface area is 130 Å². The van der Waals surface area contributed by atoms with Crippen LogP contribution < -0.4 is 15.4 Å². The fourth-order valence-corrected chi connectivity index (χ4v) is 2.05. The number of carbonyl (C=O) groups excluding carboxylic acids is 1. The largest absolute Gasteiger partial charge is 0.495 e. The predicted octanol–water partition coefficient (Wildman–Crippen LogP) is 3.28. The molecule has 0 aliphatic rings. The summed E-state index contributed by atoms with van der Waals surface area (Å²) in [5.41, 5.74) is 3.24. The molecule has 0 spiro atoms. The molecule has 1 amide bonds. The molecule has 0 radical (unpaired) electrons. The molecule has 2 aromatic rings. The summed E-state index contributed by atoms with van der Waals surface area (Å²) in [7, 11) is 1.63. The van der Waals surface area contributed by atoms with Gasteiger partial charge in [0.05, 0.1) is 30.2 Å². The third-order valence-corrected chi connectivity index (χ3v) is 3.17. The van der Waals surface area contributed by atoms with E-state index in [1.54, 1.807) is 25.6 Å². The lowest BCUT2D eigenvalue weighted by atomic mass is 10.2. The monoisotopic (exact) mass is 299 g/mol. The Morgan fingerprint density at radius 1 is 1.27 bits per heavy atom. The minimum Gasteiger partial charge on any atom is -0.495 e. The number of nitrogens with zero attached hydrogens (tertiary/aromatic N) is 1. The molecule has 0 saturated heterocycles. The second-order valence-electron chi connectivity index (χ2n) is 5.05. The first kappa shape index (κ1) is 15.8. The van der Waals surface area contributed by atoms with E-state index in [1.807, 2.05) is 32.0 Å². The number of nitrogens with one attached hydrogen (secondary N) is 2. The molecule has 0 bridgehead atoms. The van der Waals surface area contributed by atoms with Crippen LogP contribution in [-0.2, 0) is 0 Å². The number of anilines is 2. The third-order valence-electron chi connectivity index (χ3n) is 3.17. The van der Waals surface area contributed by atoms with Crippen molar-refractivity contribution in [3.8, 4) is 5.75 Å². The first-order valence-corrected chi connectivity index (χ1v) is 7.29. The molecule has 5 heteroatoms. The van der Waals surface area contributed by atoms with Gasteiger partial charge in [-0.05, 0) is 37.1 Å². The van der Waals surface area contributed by atoms with Crippen LogP contribution >= 0.6 is 0 Å². The average Bonchev–Trinajstić information content (AvgIpc) is 2.53. The van der Waals surface area contributed by atoms with Crippen LogP contribution in [0.5, 0.6) is 5.75 Å². The van der Waals surface area contributed by atoms with Gasteiger partial charge in [-0.2, -0.15) is 0 Å². The van der Waals surface area contributed by atoms with Crippen molar-refractivity contribution in [3.05, 3.63) is 47.8 Å². The van der Waals surface area contributed by atoms with E-state index in [4.69, 9.17) is 4.74 Å². The number of hydrogen-bond acceptors (Lipinski definition) is 4. The Hall–Kier alpha value is -2.56. The molecule has 0 atom stereocenters. The molecule has 1 aromatic heterocycles. The van der Waals surface area contributed by atoms with E-state index in [2.05, 4.69) is 15.6 Å². The highest BCUT2D eigenvalue weighted by Crippen LogP contribution is 2.28. The Bertz CT molecular complexity index is 656. The maximum Gasteiger partial charge on any atom is 0.252 e. The van der Waals surface area contributed by atoms with Crippen molar-refractivity contribution in [2.45, 2.75) is 20.3 Å². The summed E-state index contributed by atoms with van der Waals surface area (Å²) in [5.74, 6) is 0.626. The summed E-state index contributed by atoms with van der Waals surface area (Å²) in [6.07, 6.45) is 4.14. The van der Waals surface area contributed by atoms with E-state index in [1.165, 1.54) is 0 Å². The molecule has 1 aromatic carbocycles. The topological polar surface area (TPSA) is 63.2 Å². The van der Waals surface area contributed by atoms with Gasteiger partial charge in [0.2, 0.25) is 0 Å². The zero-order valence-corrected chi connectivity index (χ0v) is 13.1. The normalized spacial score (nSPS) is 10.1. The van der Waals surface area contributed by atoms with E-state index in [-0.39, 0.29) is 5.91 Å². The number of ether oxygens (including phenoxy) is 1. The van der Waals surface area contributed by atoms with Gasteiger partial charge in [-0.1, -0.05) is 13.0 Å². The Morgan fingerprint density at radius 2 is 2.09 bits per heavy atom. The van der Waals surface area contributed by atoms with Gasteiger partial charge in [-0.25, -0.2) is 0 Å². The molecule has 0 unspecified atom stereocenters. The molecule has 2 N–H and O–H groups in total. The fourth-order valence-electron chi connectivity index (χ4n) is 2.05. The zero-order chi connectivity index (χ0) is 15.9. The first-order valence-electron chi connectivity index (χ1n) is 7.29. The van der Waals surface area contributed by atoms with Gasteiger partial charge < -0.3 is 15.4 Å². The van der Waals surface area contributed by atoms with Gasteiger partial charge in [0, 0.05) is 12.7 Å². The number of aryl methyl sites for hydroxylation is 1. The van der Waals surface area contributed by atoms with Crippen molar-refractivity contribution in [2.24, 2.45) is 0 Å². The Kier molecular flexibility index (Phi) is 5.36. The van der Waals surface area contributed by atoms with Gasteiger partial charge in [-0.15, -0.1) is 0 Å². The molecule has 0 aliphatic carbocycles. The molecule has 0 fully saturated rings. The molecular formula is C17H21N3O2. The minimum absolute atomic E-state index is 0.116. The molecule has 1 heterocycles. The van der Waals surface area contributed by atoms with Crippen LogP contribution in [0.25, 0.3) is 0 Å². The van der Waals surface area contributed by atoms with Crippen LogP contribution in [0.15, 0.2) is 36.7 Å². The molecule has 2 rings (SSSR count). The van der Waals surface area contributed by atoms with Crippen LogP contribution in [0.3, 0.4) is 0 Å². The van der Waals surface area contributed by atoms with E-state index >= 15 is 0 Å². The fraction of sp³-hybridized carbons (Fsp3) is 0.294. The van der Waals surface area contributed by atoms with Crippen molar-refractivity contribution in [3.63, 3.8) is 0 Å². The second-order valence-corrected chi connectivity index (χ2v) is 5.05. The summed E-state index contributed by atoms with van der Waals surface area (Å²) < 4.78 is 5.34. The summed E-state index contributed by atoms with van der Waals surface area (Å²) in [6.45, 7) is 4.68. The molecule has 0 aliphatic heterocycles. The third kappa shape index (κ3) is 3.97. The van der Waals surface area contributed by atoms with E-state index in [0.29, 0.717) is 12.1 Å². The predicted molar refractivity (Wildman–Crippen MR) is 87.9 cm³/mol. The van der Waals surface area contributed by atoms with Crippen LogP contribution in [-0.4, -0.2) is 24.5 Å². The number of rotatable bonds is 6. The lowest BCUT2D eigenvalue weighted by Gasteiger charge is -2.12. The van der Waals surface area contributed by atoms with Crippen LogP contribution in [0.4, 0.5) is 11.4 Å².